The lowest BCUT2D eigenvalue weighted by Gasteiger charge is -2.23. The molecule has 1 aromatic heterocycles. The molecule has 1 atom stereocenters. The molecule has 16 heavy (non-hydrogen) atoms. The zero-order valence-corrected chi connectivity index (χ0v) is 10.0. The van der Waals surface area contributed by atoms with E-state index in [1.807, 2.05) is 12.1 Å². The highest BCUT2D eigenvalue weighted by atomic mass is 35.5. The Hall–Kier alpha value is -0.800. The Labute approximate surface area is 101 Å². The lowest BCUT2D eigenvalue weighted by atomic mass is 9.87. The first kappa shape index (κ1) is 10.4. The Balaban J connectivity index is 1.75. The molecule has 1 aromatic rings. The molecule has 86 valence electrons. The van der Waals surface area contributed by atoms with Crippen LogP contribution in [0.25, 0.3) is 0 Å². The van der Waals surface area contributed by atoms with Crippen LogP contribution in [-0.2, 0) is 0 Å². The topological polar surface area (TPSA) is 28.2 Å². The number of nitrogens with zero attached hydrogens (tertiary/aromatic N) is 2. The number of hydrogen-bond acceptors (Lipinski definition) is 3. The molecule has 0 amide bonds. The van der Waals surface area contributed by atoms with Gasteiger partial charge in [-0.05, 0) is 31.5 Å². The lowest BCUT2D eigenvalue weighted by Crippen LogP contribution is -2.29. The Kier molecular flexibility index (Phi) is 2.52. The van der Waals surface area contributed by atoms with E-state index in [0.717, 1.165) is 25.5 Å². The maximum absolute atomic E-state index is 5.85. The second-order valence-corrected chi connectivity index (χ2v) is 5.37. The fourth-order valence-corrected chi connectivity index (χ4v) is 2.94. The molecule has 1 spiro atoms. The van der Waals surface area contributed by atoms with Crippen molar-refractivity contribution in [3.05, 3.63) is 23.4 Å². The number of pyridine rings is 1. The minimum atomic E-state index is 0.501. The van der Waals surface area contributed by atoms with Crippen LogP contribution in [0.3, 0.4) is 0 Å². The molecule has 0 bridgehead atoms. The van der Waals surface area contributed by atoms with Crippen molar-refractivity contribution in [3.8, 4) is 0 Å². The minimum Gasteiger partial charge on any atom is -0.356 e. The summed E-state index contributed by atoms with van der Waals surface area (Å²) in [5.41, 5.74) is 0.501. The molecule has 2 saturated heterocycles. The normalized spacial score (nSPS) is 29.2. The number of anilines is 1. The second kappa shape index (κ2) is 3.90. The van der Waals surface area contributed by atoms with E-state index in [9.17, 15) is 0 Å². The number of nitrogens with one attached hydrogen (secondary N) is 1. The van der Waals surface area contributed by atoms with Gasteiger partial charge in [-0.1, -0.05) is 11.6 Å². The first-order chi connectivity index (χ1) is 7.77. The number of aromatic nitrogens is 1. The molecule has 1 N–H and O–H groups in total. The highest BCUT2D eigenvalue weighted by molar-refractivity contribution is 6.30. The quantitative estimate of drug-likeness (QED) is 0.809. The van der Waals surface area contributed by atoms with E-state index in [1.54, 1.807) is 6.20 Å². The van der Waals surface area contributed by atoms with Crippen molar-refractivity contribution >= 4 is 17.4 Å². The average Bonchev–Trinajstić information content (AvgIpc) is 2.91. The van der Waals surface area contributed by atoms with Crippen LogP contribution in [0.1, 0.15) is 12.8 Å². The van der Waals surface area contributed by atoms with Crippen molar-refractivity contribution in [3.63, 3.8) is 0 Å². The van der Waals surface area contributed by atoms with Gasteiger partial charge in [0.2, 0.25) is 0 Å². The standard InChI is InChI=1S/C12H16ClN3/c13-10-1-2-11(15-7-10)16-6-4-12(9-16)3-5-14-8-12/h1-2,7,14H,3-6,8-9H2. The molecule has 0 aromatic carbocycles. The molecule has 2 aliphatic heterocycles. The summed E-state index contributed by atoms with van der Waals surface area (Å²) in [6, 6.07) is 3.94. The Morgan fingerprint density at radius 2 is 2.31 bits per heavy atom. The van der Waals surface area contributed by atoms with Crippen LogP contribution in [0.4, 0.5) is 5.82 Å². The van der Waals surface area contributed by atoms with E-state index in [4.69, 9.17) is 11.6 Å². The maximum atomic E-state index is 5.85. The second-order valence-electron chi connectivity index (χ2n) is 4.93. The molecule has 3 nitrogen and oxygen atoms in total. The largest absolute Gasteiger partial charge is 0.356 e. The lowest BCUT2D eigenvalue weighted by molar-refractivity contribution is 0.369. The SMILES string of the molecule is Clc1ccc(N2CCC3(CCNC3)C2)nc1. The van der Waals surface area contributed by atoms with Crippen molar-refractivity contribution in [1.82, 2.24) is 10.3 Å². The molecule has 4 heteroatoms. The van der Waals surface area contributed by atoms with Gasteiger partial charge in [-0.3, -0.25) is 0 Å². The van der Waals surface area contributed by atoms with Gasteiger partial charge in [0.05, 0.1) is 5.02 Å². The predicted molar refractivity (Wildman–Crippen MR) is 66.0 cm³/mol. The molecular weight excluding hydrogens is 222 g/mol. The minimum absolute atomic E-state index is 0.501. The summed E-state index contributed by atoms with van der Waals surface area (Å²) >= 11 is 5.85. The maximum Gasteiger partial charge on any atom is 0.128 e. The van der Waals surface area contributed by atoms with Crippen molar-refractivity contribution < 1.29 is 0 Å². The van der Waals surface area contributed by atoms with E-state index in [-0.39, 0.29) is 0 Å². The Morgan fingerprint density at radius 3 is 3.00 bits per heavy atom. The van der Waals surface area contributed by atoms with Gasteiger partial charge in [-0.2, -0.15) is 0 Å². The molecule has 3 heterocycles. The molecule has 2 fully saturated rings. The van der Waals surface area contributed by atoms with Gasteiger partial charge in [-0.25, -0.2) is 4.98 Å². The molecule has 0 aliphatic carbocycles. The fourth-order valence-electron chi connectivity index (χ4n) is 2.83. The third-order valence-corrected chi connectivity index (χ3v) is 4.03. The van der Waals surface area contributed by atoms with E-state index in [0.29, 0.717) is 10.4 Å². The van der Waals surface area contributed by atoms with E-state index in [2.05, 4.69) is 15.2 Å². The third kappa shape index (κ3) is 1.78. The first-order valence-corrected chi connectivity index (χ1v) is 6.23. The smallest absolute Gasteiger partial charge is 0.128 e. The summed E-state index contributed by atoms with van der Waals surface area (Å²) < 4.78 is 0. The average molecular weight is 238 g/mol. The van der Waals surface area contributed by atoms with Gasteiger partial charge in [0.15, 0.2) is 0 Å². The highest BCUT2D eigenvalue weighted by Crippen LogP contribution is 2.37. The van der Waals surface area contributed by atoms with Crippen molar-refractivity contribution in [2.45, 2.75) is 12.8 Å². The van der Waals surface area contributed by atoms with Gasteiger partial charge in [-0.15, -0.1) is 0 Å². The van der Waals surface area contributed by atoms with E-state index >= 15 is 0 Å². The van der Waals surface area contributed by atoms with Gasteiger partial charge in [0, 0.05) is 31.2 Å². The van der Waals surface area contributed by atoms with Gasteiger partial charge >= 0.3 is 0 Å². The van der Waals surface area contributed by atoms with Crippen LogP contribution in [0.5, 0.6) is 0 Å². The monoisotopic (exact) mass is 237 g/mol. The van der Waals surface area contributed by atoms with Gasteiger partial charge in [0.25, 0.3) is 0 Å². The molecule has 3 rings (SSSR count). The van der Waals surface area contributed by atoms with Crippen LogP contribution in [0.15, 0.2) is 18.3 Å². The van der Waals surface area contributed by atoms with Gasteiger partial charge < -0.3 is 10.2 Å². The molecular formula is C12H16ClN3. The summed E-state index contributed by atoms with van der Waals surface area (Å²) in [6.45, 7) is 4.59. The number of halogens is 1. The third-order valence-electron chi connectivity index (χ3n) is 3.81. The number of hydrogen-bond donors (Lipinski definition) is 1. The van der Waals surface area contributed by atoms with Crippen LogP contribution in [0, 0.1) is 5.41 Å². The molecule has 2 aliphatic rings. The van der Waals surface area contributed by atoms with Crippen molar-refractivity contribution in [1.29, 1.82) is 0 Å². The predicted octanol–water partition coefficient (Wildman–Crippen LogP) is 1.92. The number of rotatable bonds is 1. The highest BCUT2D eigenvalue weighted by Gasteiger charge is 2.40. The molecule has 0 saturated carbocycles. The zero-order valence-electron chi connectivity index (χ0n) is 9.25. The van der Waals surface area contributed by atoms with Crippen LogP contribution in [-0.4, -0.2) is 31.2 Å². The van der Waals surface area contributed by atoms with E-state index in [1.165, 1.54) is 19.4 Å². The summed E-state index contributed by atoms with van der Waals surface area (Å²) in [5, 5.41) is 4.18. The summed E-state index contributed by atoms with van der Waals surface area (Å²) in [7, 11) is 0. The fraction of sp³-hybridized carbons (Fsp3) is 0.583. The first-order valence-electron chi connectivity index (χ1n) is 5.85. The summed E-state index contributed by atoms with van der Waals surface area (Å²) in [6.07, 6.45) is 4.32. The van der Waals surface area contributed by atoms with E-state index < -0.39 is 0 Å². The van der Waals surface area contributed by atoms with Crippen molar-refractivity contribution in [2.75, 3.05) is 31.1 Å². The Bertz CT molecular complexity index is 370. The van der Waals surface area contributed by atoms with Crippen LogP contribution in [0.2, 0.25) is 5.02 Å². The van der Waals surface area contributed by atoms with Crippen LogP contribution < -0.4 is 10.2 Å². The van der Waals surface area contributed by atoms with Gasteiger partial charge in [0.1, 0.15) is 5.82 Å². The Morgan fingerprint density at radius 1 is 1.38 bits per heavy atom. The summed E-state index contributed by atoms with van der Waals surface area (Å²) in [5.74, 6) is 1.06. The molecule has 0 radical (unpaired) electrons. The van der Waals surface area contributed by atoms with Crippen LogP contribution >= 0.6 is 11.6 Å². The molecule has 1 unspecified atom stereocenters. The summed E-state index contributed by atoms with van der Waals surface area (Å²) in [4.78, 5) is 6.77. The zero-order chi connectivity index (χ0) is 11.0. The van der Waals surface area contributed by atoms with Crippen molar-refractivity contribution in [2.24, 2.45) is 5.41 Å².